The zero-order valence-electron chi connectivity index (χ0n) is 14.9. The summed E-state index contributed by atoms with van der Waals surface area (Å²) in [6.07, 6.45) is 0.104. The van der Waals surface area contributed by atoms with E-state index in [-0.39, 0.29) is 18.2 Å². The van der Waals surface area contributed by atoms with Crippen LogP contribution in [0.25, 0.3) is 0 Å². The van der Waals surface area contributed by atoms with Gasteiger partial charge in [0, 0.05) is 5.69 Å². The maximum absolute atomic E-state index is 12.8. The number of rotatable bonds is 7. The molecule has 6 heteroatoms. The highest BCUT2D eigenvalue weighted by Crippen LogP contribution is 2.33. The zero-order chi connectivity index (χ0) is 18.5. The smallest absolute Gasteiger partial charge is 0.256 e. The number of nitrogens with zero attached hydrogens (tertiary/aromatic N) is 1. The Morgan fingerprint density at radius 3 is 2.38 bits per heavy atom. The summed E-state index contributed by atoms with van der Waals surface area (Å²) in [5, 5.41) is 3.13. The first kappa shape index (κ1) is 17.8. The fourth-order valence-electron chi connectivity index (χ4n) is 2.93. The first-order chi connectivity index (χ1) is 12.6. The molecule has 2 aromatic rings. The quantitative estimate of drug-likeness (QED) is 0.773. The van der Waals surface area contributed by atoms with Gasteiger partial charge in [-0.1, -0.05) is 12.1 Å². The Bertz CT molecular complexity index is 789. The van der Waals surface area contributed by atoms with E-state index < -0.39 is 6.04 Å². The van der Waals surface area contributed by atoms with Crippen molar-refractivity contribution in [3.8, 4) is 11.5 Å². The van der Waals surface area contributed by atoms with Crippen LogP contribution in [-0.4, -0.2) is 31.1 Å². The largest absolute Gasteiger partial charge is 0.494 e. The molecule has 1 atom stereocenters. The van der Waals surface area contributed by atoms with Gasteiger partial charge in [-0.15, -0.1) is 0 Å². The lowest BCUT2D eigenvalue weighted by Crippen LogP contribution is -2.35. The van der Waals surface area contributed by atoms with Crippen LogP contribution < -0.4 is 19.7 Å². The SMILES string of the molecule is CCOc1ccc(N[C@@H]2CC(=O)N(c3ccccc3OCC)C2=O)cc1. The Kier molecular flexibility index (Phi) is 5.41. The van der Waals surface area contributed by atoms with Gasteiger partial charge in [0.1, 0.15) is 17.5 Å². The number of hydrogen-bond donors (Lipinski definition) is 1. The third kappa shape index (κ3) is 3.64. The Hall–Kier alpha value is -3.02. The molecule has 1 aliphatic rings. The lowest BCUT2D eigenvalue weighted by atomic mass is 10.2. The molecular weight excluding hydrogens is 332 g/mol. The first-order valence-corrected chi connectivity index (χ1v) is 8.72. The summed E-state index contributed by atoms with van der Waals surface area (Å²) in [6.45, 7) is 4.84. The van der Waals surface area contributed by atoms with Crippen LogP contribution in [0.3, 0.4) is 0 Å². The van der Waals surface area contributed by atoms with Crippen molar-refractivity contribution < 1.29 is 19.1 Å². The summed E-state index contributed by atoms with van der Waals surface area (Å²) in [4.78, 5) is 26.5. The molecule has 0 unspecified atom stereocenters. The second kappa shape index (κ2) is 7.91. The molecule has 2 aromatic carbocycles. The van der Waals surface area contributed by atoms with Crippen LogP contribution in [0.2, 0.25) is 0 Å². The van der Waals surface area contributed by atoms with Crippen molar-refractivity contribution in [2.24, 2.45) is 0 Å². The number of amides is 2. The highest BCUT2D eigenvalue weighted by Gasteiger charge is 2.40. The van der Waals surface area contributed by atoms with E-state index in [0.29, 0.717) is 24.7 Å². The molecule has 1 saturated heterocycles. The zero-order valence-corrected chi connectivity index (χ0v) is 14.9. The van der Waals surface area contributed by atoms with Gasteiger partial charge in [-0.3, -0.25) is 9.59 Å². The topological polar surface area (TPSA) is 67.9 Å². The van der Waals surface area contributed by atoms with Crippen molar-refractivity contribution in [3.63, 3.8) is 0 Å². The van der Waals surface area contributed by atoms with Crippen molar-refractivity contribution in [1.29, 1.82) is 0 Å². The van der Waals surface area contributed by atoms with Crippen LogP contribution in [0, 0.1) is 0 Å². The van der Waals surface area contributed by atoms with Gasteiger partial charge < -0.3 is 14.8 Å². The third-order valence-corrected chi connectivity index (χ3v) is 4.06. The van der Waals surface area contributed by atoms with Gasteiger partial charge in [-0.2, -0.15) is 0 Å². The number of imide groups is 1. The molecular formula is C20H22N2O4. The molecule has 0 aliphatic carbocycles. The third-order valence-electron chi connectivity index (χ3n) is 4.06. The molecule has 1 heterocycles. The van der Waals surface area contributed by atoms with Gasteiger partial charge in [0.15, 0.2) is 0 Å². The summed E-state index contributed by atoms with van der Waals surface area (Å²) in [5.41, 5.74) is 1.25. The standard InChI is InChI=1S/C20H22N2O4/c1-3-25-15-11-9-14(10-12-15)21-16-13-19(23)22(20(16)24)17-7-5-6-8-18(17)26-4-2/h5-12,16,21H,3-4,13H2,1-2H3/t16-/m1/s1. The minimum Gasteiger partial charge on any atom is -0.494 e. The van der Waals surface area contributed by atoms with Gasteiger partial charge in [0.2, 0.25) is 5.91 Å². The first-order valence-electron chi connectivity index (χ1n) is 8.72. The van der Waals surface area contributed by atoms with Crippen LogP contribution in [-0.2, 0) is 9.59 Å². The molecule has 6 nitrogen and oxygen atoms in total. The molecule has 1 fully saturated rings. The predicted octanol–water partition coefficient (Wildman–Crippen LogP) is 3.23. The van der Waals surface area contributed by atoms with E-state index in [1.807, 2.05) is 44.2 Å². The van der Waals surface area contributed by atoms with E-state index in [0.717, 1.165) is 11.4 Å². The molecule has 1 aliphatic heterocycles. The minimum absolute atomic E-state index is 0.104. The van der Waals surface area contributed by atoms with Gasteiger partial charge in [-0.25, -0.2) is 4.90 Å². The van der Waals surface area contributed by atoms with Crippen LogP contribution >= 0.6 is 0 Å². The summed E-state index contributed by atoms with van der Waals surface area (Å²) < 4.78 is 11.0. The summed E-state index contributed by atoms with van der Waals surface area (Å²) in [7, 11) is 0. The van der Waals surface area contributed by atoms with Crippen LogP contribution in [0.5, 0.6) is 11.5 Å². The lowest BCUT2D eigenvalue weighted by Gasteiger charge is -2.19. The maximum Gasteiger partial charge on any atom is 0.256 e. The van der Waals surface area contributed by atoms with Gasteiger partial charge in [-0.05, 0) is 50.2 Å². The highest BCUT2D eigenvalue weighted by atomic mass is 16.5. The fraction of sp³-hybridized carbons (Fsp3) is 0.300. The van der Waals surface area contributed by atoms with Crippen LogP contribution in [0.4, 0.5) is 11.4 Å². The Morgan fingerprint density at radius 1 is 1.00 bits per heavy atom. The van der Waals surface area contributed by atoms with E-state index in [1.54, 1.807) is 18.2 Å². The summed E-state index contributed by atoms with van der Waals surface area (Å²) in [6, 6.07) is 13.8. The maximum atomic E-state index is 12.8. The molecule has 0 bridgehead atoms. The Morgan fingerprint density at radius 2 is 1.69 bits per heavy atom. The summed E-state index contributed by atoms with van der Waals surface area (Å²) in [5.74, 6) is 0.763. The number of ether oxygens (including phenoxy) is 2. The molecule has 1 N–H and O–H groups in total. The predicted molar refractivity (Wildman–Crippen MR) is 99.7 cm³/mol. The number of nitrogens with one attached hydrogen (secondary N) is 1. The normalized spacial score (nSPS) is 16.7. The number of para-hydroxylation sites is 2. The minimum atomic E-state index is -0.602. The van der Waals surface area contributed by atoms with E-state index >= 15 is 0 Å². The van der Waals surface area contributed by atoms with E-state index in [2.05, 4.69) is 5.32 Å². The van der Waals surface area contributed by atoms with Crippen molar-refractivity contribution >= 4 is 23.2 Å². The number of hydrogen-bond acceptors (Lipinski definition) is 5. The van der Waals surface area contributed by atoms with Crippen molar-refractivity contribution in [2.75, 3.05) is 23.4 Å². The van der Waals surface area contributed by atoms with Crippen LogP contribution in [0.1, 0.15) is 20.3 Å². The van der Waals surface area contributed by atoms with Gasteiger partial charge in [0.05, 0.1) is 25.3 Å². The number of carbonyl (C=O) groups is 2. The van der Waals surface area contributed by atoms with E-state index in [1.165, 1.54) is 4.90 Å². The Balaban J connectivity index is 1.77. The number of anilines is 2. The van der Waals surface area contributed by atoms with Crippen molar-refractivity contribution in [2.45, 2.75) is 26.3 Å². The van der Waals surface area contributed by atoms with Gasteiger partial charge >= 0.3 is 0 Å². The average molecular weight is 354 g/mol. The fourth-order valence-corrected chi connectivity index (χ4v) is 2.93. The molecule has 136 valence electrons. The average Bonchev–Trinajstić information content (AvgIpc) is 2.91. The van der Waals surface area contributed by atoms with E-state index in [9.17, 15) is 9.59 Å². The monoisotopic (exact) mass is 354 g/mol. The summed E-state index contributed by atoms with van der Waals surface area (Å²) >= 11 is 0. The van der Waals surface area contributed by atoms with E-state index in [4.69, 9.17) is 9.47 Å². The number of carbonyl (C=O) groups excluding carboxylic acids is 2. The molecule has 2 amide bonds. The lowest BCUT2D eigenvalue weighted by molar-refractivity contribution is -0.121. The molecule has 0 saturated carbocycles. The van der Waals surface area contributed by atoms with Gasteiger partial charge in [0.25, 0.3) is 5.91 Å². The van der Waals surface area contributed by atoms with Crippen LogP contribution in [0.15, 0.2) is 48.5 Å². The second-order valence-electron chi connectivity index (χ2n) is 5.83. The number of benzene rings is 2. The Labute approximate surface area is 152 Å². The second-order valence-corrected chi connectivity index (χ2v) is 5.83. The van der Waals surface area contributed by atoms with Crippen molar-refractivity contribution in [3.05, 3.63) is 48.5 Å². The van der Waals surface area contributed by atoms with Crippen molar-refractivity contribution in [1.82, 2.24) is 0 Å². The molecule has 0 spiro atoms. The molecule has 26 heavy (non-hydrogen) atoms. The molecule has 0 aromatic heterocycles. The molecule has 3 rings (SSSR count). The molecule has 0 radical (unpaired) electrons. The highest BCUT2D eigenvalue weighted by molar-refractivity contribution is 6.23.